The first-order valence-electron chi connectivity index (χ1n) is 10.9. The Morgan fingerprint density at radius 2 is 1.56 bits per heavy atom. The van der Waals surface area contributed by atoms with Crippen molar-refractivity contribution in [1.29, 1.82) is 0 Å². The molecule has 1 aromatic carbocycles. The van der Waals surface area contributed by atoms with E-state index in [0.717, 1.165) is 31.5 Å². The van der Waals surface area contributed by atoms with Crippen molar-refractivity contribution in [2.24, 2.45) is 5.92 Å². The van der Waals surface area contributed by atoms with Crippen molar-refractivity contribution in [2.45, 2.75) is 51.6 Å². The van der Waals surface area contributed by atoms with Crippen LogP contribution in [0.1, 0.15) is 46.8 Å². The maximum Gasteiger partial charge on any atom is 0.490 e. The van der Waals surface area contributed by atoms with Gasteiger partial charge in [-0.1, -0.05) is 24.6 Å². The first-order valence-corrected chi connectivity index (χ1v) is 12.4. The maximum atomic E-state index is 13.0. The number of carbonyl (C=O) groups is 2. The van der Waals surface area contributed by atoms with E-state index in [0.29, 0.717) is 22.9 Å². The van der Waals surface area contributed by atoms with Crippen molar-refractivity contribution in [1.82, 2.24) is 4.98 Å². The molecule has 0 unspecified atom stereocenters. The molecule has 0 bridgehead atoms. The molecule has 9 nitrogen and oxygen atoms in total. The van der Waals surface area contributed by atoms with E-state index in [1.54, 1.807) is 13.8 Å². The highest BCUT2D eigenvalue weighted by molar-refractivity contribution is 7.92. The van der Waals surface area contributed by atoms with Gasteiger partial charge in [0.15, 0.2) is 0 Å². The van der Waals surface area contributed by atoms with Crippen LogP contribution in [0.25, 0.3) is 0 Å². The predicted molar refractivity (Wildman–Crippen MR) is 127 cm³/mol. The molecule has 198 valence electrons. The number of hydrogen-bond donors (Lipinski definition) is 3. The van der Waals surface area contributed by atoms with Gasteiger partial charge in [-0.3, -0.25) is 4.72 Å². The van der Waals surface area contributed by atoms with Crippen LogP contribution in [0.4, 0.5) is 24.7 Å². The number of aryl methyl sites for hydroxylation is 3. The molecule has 0 amide bonds. The number of alkyl halides is 3. The number of aliphatic carboxylic acids is 1. The Hall–Kier alpha value is -3.35. The number of aromatic nitrogens is 1. The molecule has 3 N–H and O–H groups in total. The minimum atomic E-state index is -5.08. The zero-order valence-corrected chi connectivity index (χ0v) is 21.0. The van der Waals surface area contributed by atoms with Crippen LogP contribution in [0.5, 0.6) is 0 Å². The van der Waals surface area contributed by atoms with Gasteiger partial charge in [0.1, 0.15) is 11.4 Å². The number of nitrogens with one attached hydrogen (secondary N) is 1. The van der Waals surface area contributed by atoms with Crippen LogP contribution in [0, 0.1) is 26.7 Å². The monoisotopic (exact) mass is 531 g/mol. The van der Waals surface area contributed by atoms with Crippen molar-refractivity contribution in [3.8, 4) is 0 Å². The number of carboxylic acid groups (broad SMARTS) is 2. The van der Waals surface area contributed by atoms with E-state index in [1.807, 2.05) is 24.0 Å². The predicted octanol–water partition coefficient (Wildman–Crippen LogP) is 4.38. The molecule has 2 aromatic rings. The average molecular weight is 532 g/mol. The van der Waals surface area contributed by atoms with Gasteiger partial charge >= 0.3 is 18.1 Å². The largest absolute Gasteiger partial charge is 0.490 e. The number of aromatic carboxylic acids is 1. The van der Waals surface area contributed by atoms with Crippen LogP contribution in [-0.2, 0) is 14.8 Å². The Bertz CT molecular complexity index is 1220. The van der Waals surface area contributed by atoms with Crippen molar-refractivity contribution < 1.29 is 41.4 Å². The number of sulfonamides is 1. The summed E-state index contributed by atoms with van der Waals surface area (Å²) in [7, 11) is -3.88. The molecular formula is C23H28F3N3O6S. The SMILES string of the molecule is Cc1cc(C)c(S(=O)(=O)Nc2cnc(N3CCC(C)CC3)c(C(=O)O)c2)c(C)c1.O=C(O)C(F)(F)F. The molecule has 36 heavy (non-hydrogen) atoms. The van der Waals surface area contributed by atoms with Gasteiger partial charge in [0, 0.05) is 13.1 Å². The Morgan fingerprint density at radius 1 is 1.06 bits per heavy atom. The van der Waals surface area contributed by atoms with E-state index in [2.05, 4.69) is 16.6 Å². The average Bonchev–Trinajstić information content (AvgIpc) is 2.72. The van der Waals surface area contributed by atoms with Gasteiger partial charge in [0.25, 0.3) is 10.0 Å². The molecule has 0 saturated carbocycles. The number of hydrogen-bond acceptors (Lipinski definition) is 6. The van der Waals surface area contributed by atoms with Crippen molar-refractivity contribution >= 4 is 33.5 Å². The van der Waals surface area contributed by atoms with Crippen LogP contribution < -0.4 is 9.62 Å². The third-order valence-electron chi connectivity index (χ3n) is 5.55. The highest BCUT2D eigenvalue weighted by Gasteiger charge is 2.38. The third kappa shape index (κ3) is 7.33. The van der Waals surface area contributed by atoms with E-state index >= 15 is 0 Å². The Morgan fingerprint density at radius 3 is 2.00 bits per heavy atom. The van der Waals surface area contributed by atoms with Crippen molar-refractivity contribution in [3.05, 3.63) is 46.6 Å². The van der Waals surface area contributed by atoms with Crippen molar-refractivity contribution in [2.75, 3.05) is 22.7 Å². The summed E-state index contributed by atoms with van der Waals surface area (Å²) >= 11 is 0. The zero-order valence-electron chi connectivity index (χ0n) is 20.2. The quantitative estimate of drug-likeness (QED) is 0.517. The van der Waals surface area contributed by atoms with Gasteiger partial charge in [-0.05, 0) is 56.7 Å². The number of nitrogens with zero attached hydrogens (tertiary/aromatic N) is 2. The summed E-state index contributed by atoms with van der Waals surface area (Å²) in [4.78, 5) is 27.2. The second-order valence-corrected chi connectivity index (χ2v) is 10.3. The number of benzene rings is 1. The summed E-state index contributed by atoms with van der Waals surface area (Å²) in [5.41, 5.74) is 2.39. The summed E-state index contributed by atoms with van der Waals surface area (Å²) in [6.07, 6.45) is -1.75. The van der Waals surface area contributed by atoms with E-state index in [4.69, 9.17) is 9.90 Å². The maximum absolute atomic E-state index is 13.0. The molecular weight excluding hydrogens is 503 g/mol. The van der Waals surface area contributed by atoms with Gasteiger partial charge in [0.2, 0.25) is 0 Å². The second kappa shape index (κ2) is 11.1. The Labute approximate surface area is 207 Å². The molecule has 1 aromatic heterocycles. The van der Waals surface area contributed by atoms with Crippen LogP contribution >= 0.6 is 0 Å². The van der Waals surface area contributed by atoms with Crippen LogP contribution in [0.2, 0.25) is 0 Å². The standard InChI is InChI=1S/C21H27N3O4S.C2HF3O2/c1-13-5-7-24(8-6-13)20-18(21(25)26)11-17(12-22-20)23-29(27,28)19-15(3)9-14(2)10-16(19)4;3-2(4,5)1(6)7/h9-13,23H,5-8H2,1-4H3,(H,25,26);(H,6,7). The lowest BCUT2D eigenvalue weighted by molar-refractivity contribution is -0.192. The van der Waals surface area contributed by atoms with Crippen molar-refractivity contribution in [3.63, 3.8) is 0 Å². The number of pyridine rings is 1. The molecule has 0 radical (unpaired) electrons. The minimum Gasteiger partial charge on any atom is -0.478 e. The Balaban J connectivity index is 0.000000572. The summed E-state index contributed by atoms with van der Waals surface area (Å²) in [6.45, 7) is 9.05. The van der Waals surface area contributed by atoms with Gasteiger partial charge in [-0.15, -0.1) is 0 Å². The summed E-state index contributed by atoms with van der Waals surface area (Å²) < 4.78 is 60.2. The lowest BCUT2D eigenvalue weighted by Gasteiger charge is -2.32. The topological polar surface area (TPSA) is 137 Å². The molecule has 0 atom stereocenters. The number of carboxylic acids is 2. The summed E-state index contributed by atoms with van der Waals surface area (Å²) in [5, 5.41) is 16.8. The number of rotatable bonds is 5. The minimum absolute atomic E-state index is 0.00268. The highest BCUT2D eigenvalue weighted by Crippen LogP contribution is 2.28. The van der Waals surface area contributed by atoms with Gasteiger partial charge in [0.05, 0.1) is 16.8 Å². The molecule has 1 fully saturated rings. The van der Waals surface area contributed by atoms with E-state index in [9.17, 15) is 31.5 Å². The summed E-state index contributed by atoms with van der Waals surface area (Å²) in [5.74, 6) is -2.90. The normalized spacial score (nSPS) is 14.6. The lowest BCUT2D eigenvalue weighted by atomic mass is 9.99. The van der Waals surface area contributed by atoms with E-state index < -0.39 is 28.1 Å². The fourth-order valence-electron chi connectivity index (χ4n) is 3.94. The van der Waals surface area contributed by atoms with E-state index in [-0.39, 0.29) is 16.1 Å². The smallest absolute Gasteiger partial charge is 0.478 e. The lowest BCUT2D eigenvalue weighted by Crippen LogP contribution is -2.34. The molecule has 2 heterocycles. The first kappa shape index (κ1) is 28.9. The van der Waals surface area contributed by atoms with Crippen LogP contribution in [-0.4, -0.2) is 54.8 Å². The number of halogens is 3. The highest BCUT2D eigenvalue weighted by atomic mass is 32.2. The third-order valence-corrected chi connectivity index (χ3v) is 7.23. The number of anilines is 2. The van der Waals surface area contributed by atoms with E-state index in [1.165, 1.54) is 12.3 Å². The second-order valence-electron chi connectivity index (χ2n) is 8.71. The molecule has 1 aliphatic heterocycles. The van der Waals surface area contributed by atoms with Crippen LogP contribution in [0.3, 0.4) is 0 Å². The van der Waals surface area contributed by atoms with Gasteiger partial charge in [-0.25, -0.2) is 23.0 Å². The molecule has 1 aliphatic rings. The first-order chi connectivity index (χ1) is 16.5. The molecule has 1 saturated heterocycles. The molecule has 13 heteroatoms. The zero-order chi connectivity index (χ0) is 27.4. The molecule has 3 rings (SSSR count). The fraction of sp³-hybridized carbons (Fsp3) is 0.435. The number of piperidine rings is 1. The van der Waals surface area contributed by atoms with Gasteiger partial charge < -0.3 is 15.1 Å². The fourth-order valence-corrected chi connectivity index (χ4v) is 5.43. The molecule has 0 aliphatic carbocycles. The summed E-state index contributed by atoms with van der Waals surface area (Å²) in [6, 6.07) is 4.96. The van der Waals surface area contributed by atoms with Crippen LogP contribution in [0.15, 0.2) is 29.3 Å². The van der Waals surface area contributed by atoms with Gasteiger partial charge in [-0.2, -0.15) is 13.2 Å². The Kier molecular flexibility index (Phi) is 8.94. The molecule has 0 spiro atoms.